The first kappa shape index (κ1) is 18.8. The number of para-hydroxylation sites is 1. The van der Waals surface area contributed by atoms with Crippen molar-refractivity contribution >= 4 is 22.8 Å². The van der Waals surface area contributed by atoms with Gasteiger partial charge in [-0.15, -0.1) is 0 Å². The van der Waals surface area contributed by atoms with Crippen LogP contribution in [0.5, 0.6) is 0 Å². The Labute approximate surface area is 148 Å². The maximum Gasteiger partial charge on any atom is 0.353 e. The van der Waals surface area contributed by atoms with E-state index in [0.717, 1.165) is 16.5 Å². The molecule has 0 saturated heterocycles. The van der Waals surface area contributed by atoms with Crippen LogP contribution in [-0.2, 0) is 16.0 Å². The number of rotatable bonds is 5. The number of benzene rings is 1. The molecule has 1 aromatic carbocycles. The average Bonchev–Trinajstić information content (AvgIpc) is 2.92. The standard InChI is InChI=1S/C20H26N2O3/c1-5-25-18(23)16(21)11-8-9-14-13-22(19(24)20(2,3)4)17-12-7-6-10-15(14)17/h6-7,10-13H,5,8-9,21H2,1-4H3. The Kier molecular flexibility index (Phi) is 5.67. The summed E-state index contributed by atoms with van der Waals surface area (Å²) in [6, 6.07) is 7.85. The number of hydrogen-bond donors (Lipinski definition) is 1. The first-order valence-electron chi connectivity index (χ1n) is 8.52. The molecule has 2 aromatic rings. The van der Waals surface area contributed by atoms with Crippen LogP contribution in [0.25, 0.3) is 10.9 Å². The van der Waals surface area contributed by atoms with Crippen molar-refractivity contribution in [2.45, 2.75) is 40.5 Å². The maximum atomic E-state index is 12.7. The Balaban J connectivity index is 2.26. The molecule has 0 unspecified atom stereocenters. The summed E-state index contributed by atoms with van der Waals surface area (Å²) in [6.07, 6.45) is 4.86. The van der Waals surface area contributed by atoms with Gasteiger partial charge in [0.2, 0.25) is 5.91 Å². The molecule has 0 radical (unpaired) electrons. The Morgan fingerprint density at radius 1 is 1.24 bits per heavy atom. The van der Waals surface area contributed by atoms with Crippen LogP contribution in [0.1, 0.15) is 44.5 Å². The number of hydrogen-bond acceptors (Lipinski definition) is 4. The highest BCUT2D eigenvalue weighted by molar-refractivity contribution is 5.96. The molecule has 5 nitrogen and oxygen atoms in total. The molecule has 2 N–H and O–H groups in total. The predicted octanol–water partition coefficient (Wildman–Crippen LogP) is 3.67. The first-order chi connectivity index (χ1) is 11.8. The van der Waals surface area contributed by atoms with Crippen LogP contribution in [0.3, 0.4) is 0 Å². The largest absolute Gasteiger partial charge is 0.461 e. The van der Waals surface area contributed by atoms with Gasteiger partial charge in [0, 0.05) is 17.0 Å². The monoisotopic (exact) mass is 342 g/mol. The van der Waals surface area contributed by atoms with Crippen molar-refractivity contribution in [1.29, 1.82) is 0 Å². The van der Waals surface area contributed by atoms with Crippen molar-refractivity contribution in [3.8, 4) is 0 Å². The Morgan fingerprint density at radius 2 is 1.92 bits per heavy atom. The summed E-state index contributed by atoms with van der Waals surface area (Å²) in [4.78, 5) is 24.2. The number of esters is 1. The summed E-state index contributed by atoms with van der Waals surface area (Å²) in [7, 11) is 0. The first-order valence-corrected chi connectivity index (χ1v) is 8.52. The minimum atomic E-state index is -0.493. The summed E-state index contributed by atoms with van der Waals surface area (Å²) >= 11 is 0. The van der Waals surface area contributed by atoms with Crippen molar-refractivity contribution in [3.63, 3.8) is 0 Å². The Hall–Kier alpha value is -2.56. The molecule has 1 heterocycles. The number of carbonyl (C=O) groups is 2. The third kappa shape index (κ3) is 4.29. The van der Waals surface area contributed by atoms with Gasteiger partial charge in [-0.1, -0.05) is 45.0 Å². The number of nitrogens with two attached hydrogens (primary N) is 1. The van der Waals surface area contributed by atoms with Gasteiger partial charge in [0.1, 0.15) is 5.70 Å². The molecule has 25 heavy (non-hydrogen) atoms. The number of fused-ring (bicyclic) bond motifs is 1. The predicted molar refractivity (Wildman–Crippen MR) is 99.2 cm³/mol. The quantitative estimate of drug-likeness (QED) is 0.664. The zero-order valence-electron chi connectivity index (χ0n) is 15.3. The Bertz CT molecular complexity index is 810. The van der Waals surface area contributed by atoms with E-state index in [4.69, 9.17) is 10.5 Å². The second-order valence-electron chi connectivity index (χ2n) is 7.02. The highest BCUT2D eigenvalue weighted by Gasteiger charge is 2.25. The fraction of sp³-hybridized carbons (Fsp3) is 0.400. The Morgan fingerprint density at radius 3 is 2.56 bits per heavy atom. The molecule has 0 atom stereocenters. The molecule has 0 aliphatic heterocycles. The van der Waals surface area contributed by atoms with E-state index in [1.165, 1.54) is 0 Å². The molecule has 0 amide bonds. The van der Waals surface area contributed by atoms with E-state index in [-0.39, 0.29) is 11.6 Å². The molecule has 0 aliphatic carbocycles. The molecule has 5 heteroatoms. The van der Waals surface area contributed by atoms with Gasteiger partial charge in [-0.25, -0.2) is 4.79 Å². The number of nitrogens with zero attached hydrogens (tertiary/aromatic N) is 1. The van der Waals surface area contributed by atoms with Crippen LogP contribution in [0.4, 0.5) is 0 Å². The van der Waals surface area contributed by atoms with E-state index < -0.39 is 11.4 Å². The molecule has 134 valence electrons. The van der Waals surface area contributed by atoms with Crippen LogP contribution in [0.2, 0.25) is 0 Å². The number of aryl methyl sites for hydroxylation is 1. The van der Waals surface area contributed by atoms with Crippen molar-refractivity contribution < 1.29 is 14.3 Å². The zero-order valence-corrected chi connectivity index (χ0v) is 15.3. The summed E-state index contributed by atoms with van der Waals surface area (Å²) in [5.74, 6) is -0.440. The van der Waals surface area contributed by atoms with Crippen LogP contribution < -0.4 is 5.73 Å². The van der Waals surface area contributed by atoms with Gasteiger partial charge in [0.25, 0.3) is 0 Å². The summed E-state index contributed by atoms with van der Waals surface area (Å²) < 4.78 is 6.59. The SMILES string of the molecule is CCOC(=O)C(N)=CCCc1cn(C(=O)C(C)(C)C)c2ccccc12. The van der Waals surface area contributed by atoms with E-state index in [9.17, 15) is 9.59 Å². The smallest absolute Gasteiger partial charge is 0.353 e. The number of aromatic nitrogens is 1. The minimum absolute atomic E-state index is 0.0523. The number of allylic oxidation sites excluding steroid dienone is 1. The van der Waals surface area contributed by atoms with Crippen LogP contribution >= 0.6 is 0 Å². The van der Waals surface area contributed by atoms with Gasteiger partial charge in [-0.3, -0.25) is 9.36 Å². The highest BCUT2D eigenvalue weighted by atomic mass is 16.5. The van der Waals surface area contributed by atoms with Gasteiger partial charge >= 0.3 is 5.97 Å². The maximum absolute atomic E-state index is 12.7. The van der Waals surface area contributed by atoms with E-state index in [0.29, 0.717) is 19.4 Å². The van der Waals surface area contributed by atoms with Crippen LogP contribution in [-0.4, -0.2) is 23.1 Å². The zero-order chi connectivity index (χ0) is 18.6. The molecule has 0 fully saturated rings. The van der Waals surface area contributed by atoms with Crippen molar-refractivity contribution in [2.75, 3.05) is 6.61 Å². The highest BCUT2D eigenvalue weighted by Crippen LogP contribution is 2.26. The van der Waals surface area contributed by atoms with E-state index in [2.05, 4.69) is 0 Å². The topological polar surface area (TPSA) is 74.3 Å². The summed E-state index contributed by atoms with van der Waals surface area (Å²) in [5, 5.41) is 1.04. The van der Waals surface area contributed by atoms with E-state index >= 15 is 0 Å². The van der Waals surface area contributed by atoms with E-state index in [1.807, 2.05) is 51.2 Å². The third-order valence-corrected chi connectivity index (χ3v) is 3.94. The normalized spacial score (nSPS) is 12.4. The molecule has 0 saturated carbocycles. The number of carbonyl (C=O) groups excluding carboxylic acids is 2. The summed E-state index contributed by atoms with van der Waals surface area (Å²) in [5.41, 5.74) is 7.33. The molecular weight excluding hydrogens is 316 g/mol. The lowest BCUT2D eigenvalue weighted by atomic mass is 9.95. The van der Waals surface area contributed by atoms with Crippen LogP contribution in [0, 0.1) is 5.41 Å². The van der Waals surface area contributed by atoms with Gasteiger partial charge in [-0.2, -0.15) is 0 Å². The lowest BCUT2D eigenvalue weighted by Gasteiger charge is -2.17. The second-order valence-corrected chi connectivity index (χ2v) is 7.02. The fourth-order valence-corrected chi connectivity index (χ4v) is 2.66. The number of ether oxygens (including phenoxy) is 1. The van der Waals surface area contributed by atoms with Gasteiger partial charge < -0.3 is 10.5 Å². The lowest BCUT2D eigenvalue weighted by Crippen LogP contribution is -2.26. The summed E-state index contributed by atoms with van der Waals surface area (Å²) in [6.45, 7) is 7.77. The third-order valence-electron chi connectivity index (χ3n) is 3.94. The van der Waals surface area contributed by atoms with Crippen molar-refractivity contribution in [2.24, 2.45) is 11.1 Å². The minimum Gasteiger partial charge on any atom is -0.461 e. The molecule has 2 rings (SSSR count). The van der Waals surface area contributed by atoms with Crippen molar-refractivity contribution in [3.05, 3.63) is 47.8 Å². The van der Waals surface area contributed by atoms with Gasteiger partial charge in [-0.05, 0) is 31.4 Å². The van der Waals surface area contributed by atoms with E-state index in [1.54, 1.807) is 17.6 Å². The lowest BCUT2D eigenvalue weighted by molar-refractivity contribution is -0.138. The molecule has 0 aliphatic rings. The molecule has 0 bridgehead atoms. The van der Waals surface area contributed by atoms with Gasteiger partial charge in [0.15, 0.2) is 0 Å². The molecule has 1 aromatic heterocycles. The average molecular weight is 342 g/mol. The molecular formula is C20H26N2O3. The van der Waals surface area contributed by atoms with Crippen LogP contribution in [0.15, 0.2) is 42.2 Å². The fourth-order valence-electron chi connectivity index (χ4n) is 2.66. The van der Waals surface area contributed by atoms with Gasteiger partial charge in [0.05, 0.1) is 12.1 Å². The van der Waals surface area contributed by atoms with Crippen molar-refractivity contribution in [1.82, 2.24) is 4.57 Å². The molecule has 0 spiro atoms. The second kappa shape index (κ2) is 7.55.